The van der Waals surface area contributed by atoms with E-state index >= 15 is 0 Å². The van der Waals surface area contributed by atoms with Crippen LogP contribution in [0.1, 0.15) is 145 Å². The molecular formula is C91H93N3. The third-order valence-electron chi connectivity index (χ3n) is 19.0. The van der Waals surface area contributed by atoms with Crippen LogP contribution < -0.4 is 9.80 Å². The summed E-state index contributed by atoms with van der Waals surface area (Å²) in [6.07, 6.45) is 13.7. The van der Waals surface area contributed by atoms with Crippen molar-refractivity contribution in [3.63, 3.8) is 0 Å². The van der Waals surface area contributed by atoms with Gasteiger partial charge in [-0.3, -0.25) is 0 Å². The molecule has 0 amide bonds. The van der Waals surface area contributed by atoms with Gasteiger partial charge in [-0.05, 0) is 219 Å². The molecule has 0 saturated heterocycles. The molecule has 2 unspecified atom stereocenters. The Morgan fingerprint density at radius 1 is 0.468 bits per heavy atom. The molecule has 0 fully saturated rings. The number of allylic oxidation sites excluding steroid dienone is 5. The van der Waals surface area contributed by atoms with E-state index in [1.165, 1.54) is 127 Å². The van der Waals surface area contributed by atoms with Crippen LogP contribution in [-0.4, -0.2) is 4.57 Å². The maximum atomic E-state index is 2.56. The minimum Gasteiger partial charge on any atom is -0.334 e. The molecular weight excluding hydrogens is 1140 g/mol. The Labute approximate surface area is 560 Å². The SMILES string of the molecule is CC.CC.CC.CCC1=C(c2c(C)c3c4ccccc4ccc3n2-c2ccc(N(c3ccc(C)cc3)c3ccc(N4c5ccc6ccccc6c5C(C)/C=C\c5ccccc5C4C)cc3)cc2)C=CCC1.CCc1c(-c2c(C)ccc3ccccc23)ccc2ccccc12. The van der Waals surface area contributed by atoms with Crippen molar-refractivity contribution < 1.29 is 0 Å². The number of fused-ring (bicyclic) bond motifs is 9. The number of aryl methyl sites for hydroxylation is 4. The van der Waals surface area contributed by atoms with E-state index < -0.39 is 0 Å². The van der Waals surface area contributed by atoms with Crippen LogP contribution in [0.25, 0.3) is 82.5 Å². The second-order valence-corrected chi connectivity index (χ2v) is 24.2. The Bertz CT molecular complexity index is 4880. The molecule has 0 radical (unpaired) electrons. The fraction of sp³-hybridized carbons (Fsp3) is 0.209. The number of hydrogen-bond donors (Lipinski definition) is 0. The molecule has 1 aliphatic heterocycles. The van der Waals surface area contributed by atoms with E-state index in [2.05, 4.69) is 330 Å². The third-order valence-corrected chi connectivity index (χ3v) is 19.0. The number of rotatable bonds is 9. The zero-order valence-electron chi connectivity index (χ0n) is 57.7. The van der Waals surface area contributed by atoms with Crippen molar-refractivity contribution in [1.82, 2.24) is 4.57 Å². The van der Waals surface area contributed by atoms with Gasteiger partial charge in [-0.2, -0.15) is 0 Å². The van der Waals surface area contributed by atoms with Crippen molar-refractivity contribution >= 4 is 94.1 Å². The van der Waals surface area contributed by atoms with Crippen LogP contribution in [0.5, 0.6) is 0 Å². The molecule has 15 rings (SSSR count). The average Bonchev–Trinajstić information content (AvgIpc) is 1.55. The number of nitrogens with zero attached hydrogens (tertiary/aromatic N) is 3. The third kappa shape index (κ3) is 12.6. The monoisotopic (exact) mass is 1230 g/mol. The topological polar surface area (TPSA) is 11.4 Å². The van der Waals surface area contributed by atoms with Gasteiger partial charge >= 0.3 is 0 Å². The molecule has 3 heteroatoms. The molecule has 0 spiro atoms. The lowest BCUT2D eigenvalue weighted by atomic mass is 9.88. The van der Waals surface area contributed by atoms with E-state index in [1.54, 1.807) is 0 Å². The minimum atomic E-state index is 0.0808. The molecule has 1 aliphatic carbocycles. The van der Waals surface area contributed by atoms with Crippen LogP contribution in [0.2, 0.25) is 0 Å². The van der Waals surface area contributed by atoms with Crippen molar-refractivity contribution in [2.24, 2.45) is 0 Å². The number of hydrogen-bond acceptors (Lipinski definition) is 2. The first-order chi connectivity index (χ1) is 46.2. The summed E-state index contributed by atoms with van der Waals surface area (Å²) in [6.45, 7) is 28.0. The zero-order valence-corrected chi connectivity index (χ0v) is 57.7. The smallest absolute Gasteiger partial charge is 0.0569 e. The fourth-order valence-corrected chi connectivity index (χ4v) is 14.6. The summed E-state index contributed by atoms with van der Waals surface area (Å²) in [7, 11) is 0. The highest BCUT2D eigenvalue weighted by atomic mass is 15.2. The second kappa shape index (κ2) is 29.8. The van der Waals surface area contributed by atoms with Gasteiger partial charge in [0, 0.05) is 45.4 Å². The predicted molar refractivity (Wildman–Crippen MR) is 414 cm³/mol. The van der Waals surface area contributed by atoms with Gasteiger partial charge in [-0.15, -0.1) is 0 Å². The molecule has 2 aliphatic rings. The van der Waals surface area contributed by atoms with Crippen molar-refractivity contribution in [1.29, 1.82) is 0 Å². The molecule has 0 saturated carbocycles. The van der Waals surface area contributed by atoms with Crippen LogP contribution in [0.3, 0.4) is 0 Å². The fourth-order valence-electron chi connectivity index (χ4n) is 14.6. The van der Waals surface area contributed by atoms with E-state index in [0.29, 0.717) is 0 Å². The molecule has 13 aromatic rings. The molecule has 94 heavy (non-hydrogen) atoms. The van der Waals surface area contributed by atoms with Crippen molar-refractivity contribution in [2.45, 2.75) is 128 Å². The Hall–Kier alpha value is -9.96. The van der Waals surface area contributed by atoms with Gasteiger partial charge in [-0.25, -0.2) is 0 Å². The van der Waals surface area contributed by atoms with E-state index in [9.17, 15) is 0 Å². The van der Waals surface area contributed by atoms with Gasteiger partial charge in [0.2, 0.25) is 0 Å². The summed E-state index contributed by atoms with van der Waals surface area (Å²) < 4.78 is 2.52. The highest BCUT2D eigenvalue weighted by Gasteiger charge is 2.28. The van der Waals surface area contributed by atoms with Crippen LogP contribution >= 0.6 is 0 Å². The second-order valence-electron chi connectivity index (χ2n) is 24.2. The lowest BCUT2D eigenvalue weighted by molar-refractivity contribution is 0.767. The number of anilines is 5. The summed E-state index contributed by atoms with van der Waals surface area (Å²) in [5, 5.41) is 11.8. The Kier molecular flexibility index (Phi) is 20.7. The summed E-state index contributed by atoms with van der Waals surface area (Å²) in [4.78, 5) is 4.96. The summed E-state index contributed by atoms with van der Waals surface area (Å²) in [6, 6.07) is 89.7. The van der Waals surface area contributed by atoms with Gasteiger partial charge in [0.15, 0.2) is 0 Å². The van der Waals surface area contributed by atoms with E-state index in [-0.39, 0.29) is 12.0 Å². The highest BCUT2D eigenvalue weighted by Crippen LogP contribution is 2.47. The molecule has 2 heterocycles. The molecule has 0 N–H and O–H groups in total. The zero-order chi connectivity index (χ0) is 66.0. The minimum absolute atomic E-state index is 0.0808. The number of aromatic nitrogens is 1. The first-order valence-corrected chi connectivity index (χ1v) is 34.7. The molecule has 2 atom stereocenters. The summed E-state index contributed by atoms with van der Waals surface area (Å²) in [5.74, 6) is 0.213. The molecule has 3 nitrogen and oxygen atoms in total. The highest BCUT2D eigenvalue weighted by molar-refractivity contribution is 6.11. The van der Waals surface area contributed by atoms with Crippen LogP contribution in [0.4, 0.5) is 28.4 Å². The van der Waals surface area contributed by atoms with Crippen molar-refractivity contribution in [2.75, 3.05) is 9.80 Å². The first kappa shape index (κ1) is 65.5. The average molecular weight is 1230 g/mol. The van der Waals surface area contributed by atoms with Crippen molar-refractivity contribution in [3.05, 3.63) is 311 Å². The quantitative estimate of drug-likeness (QED) is 0.143. The van der Waals surface area contributed by atoms with E-state index in [4.69, 9.17) is 0 Å². The Morgan fingerprint density at radius 2 is 0.989 bits per heavy atom. The van der Waals surface area contributed by atoms with Crippen LogP contribution in [0, 0.1) is 20.8 Å². The molecule has 1 aromatic heterocycles. The van der Waals surface area contributed by atoms with E-state index in [1.807, 2.05) is 41.5 Å². The first-order valence-electron chi connectivity index (χ1n) is 34.7. The normalized spacial score (nSPS) is 14.4. The van der Waals surface area contributed by atoms with Crippen LogP contribution in [0.15, 0.2) is 266 Å². The molecule has 12 aromatic carbocycles. The van der Waals surface area contributed by atoms with Gasteiger partial charge in [0.1, 0.15) is 0 Å². The lowest BCUT2D eigenvalue weighted by Gasteiger charge is -2.35. The number of benzene rings is 12. The van der Waals surface area contributed by atoms with Crippen molar-refractivity contribution in [3.8, 4) is 16.8 Å². The Morgan fingerprint density at radius 3 is 1.64 bits per heavy atom. The summed E-state index contributed by atoms with van der Waals surface area (Å²) in [5.41, 5.74) is 24.4. The van der Waals surface area contributed by atoms with Gasteiger partial charge in [-0.1, -0.05) is 268 Å². The lowest BCUT2D eigenvalue weighted by Crippen LogP contribution is -2.23. The van der Waals surface area contributed by atoms with Gasteiger partial charge in [0.25, 0.3) is 0 Å². The van der Waals surface area contributed by atoms with Gasteiger partial charge in [0.05, 0.1) is 17.3 Å². The maximum Gasteiger partial charge on any atom is 0.0569 e. The largest absolute Gasteiger partial charge is 0.334 e. The maximum absolute atomic E-state index is 2.56. The van der Waals surface area contributed by atoms with Crippen LogP contribution in [-0.2, 0) is 6.42 Å². The molecule has 0 bridgehead atoms. The predicted octanol–water partition coefficient (Wildman–Crippen LogP) is 27.2. The standard InChI is InChI=1S/C62H55N3.C23H20.3C2H6/c1-6-45-15-7-14-22-57(45)62-43(4)61-56-21-13-10-18-48(56)28-40-59(61)65(62)53-37-35-52(36-38-53)64(50-29-23-41(2)24-30-50)51-33-31-49(32-34-51)63-44(5)54-19-11-8-16-46(54)26-25-42(3)60-55-20-12-9-17-47(55)27-39-58(60)63;1-3-19-20-10-6-4-8-17(20)14-15-22(19)23-16(2)12-13-18-9-5-7-11-21(18)23;3*1-2/h8-14,16-40,42,44H,6-7,15H2,1-5H3;4-15H,3H2,1-2H3;3*1-2H3/b26-25-;;;;. The summed E-state index contributed by atoms with van der Waals surface area (Å²) >= 11 is 0. The molecule has 472 valence electrons. The van der Waals surface area contributed by atoms with E-state index in [0.717, 1.165) is 54.1 Å². The Balaban J connectivity index is 0.000000259. The van der Waals surface area contributed by atoms with Gasteiger partial charge < -0.3 is 14.4 Å².